The van der Waals surface area contributed by atoms with E-state index >= 15 is 0 Å². The molecule has 4 N–H and O–H groups in total. The summed E-state index contributed by atoms with van der Waals surface area (Å²) in [6.45, 7) is 1.03. The van der Waals surface area contributed by atoms with Crippen LogP contribution in [0.15, 0.2) is 54.6 Å². The molecule has 0 fully saturated rings. The van der Waals surface area contributed by atoms with Crippen LogP contribution in [0, 0.1) is 5.41 Å². The Morgan fingerprint density at radius 1 is 1.13 bits per heavy atom. The average molecular weight is 453 g/mol. The second-order valence-electron chi connectivity index (χ2n) is 7.38. The predicted molar refractivity (Wildman–Crippen MR) is 124 cm³/mol. The van der Waals surface area contributed by atoms with Gasteiger partial charge in [0.25, 0.3) is 11.8 Å². The Hall–Kier alpha value is -3.16. The predicted octanol–water partition coefficient (Wildman–Crippen LogP) is 4.33. The lowest BCUT2D eigenvalue weighted by Gasteiger charge is -2.16. The van der Waals surface area contributed by atoms with Crippen molar-refractivity contribution in [2.45, 2.75) is 19.4 Å². The Bertz CT molecular complexity index is 1160. The molecule has 6 nitrogen and oxygen atoms in total. The number of carbonyl (C=O) groups excluding carboxylic acids is 2. The third kappa shape index (κ3) is 4.78. The molecule has 2 aromatic carbocycles. The van der Waals surface area contributed by atoms with Gasteiger partial charge in [0.15, 0.2) is 0 Å². The van der Waals surface area contributed by atoms with Crippen molar-refractivity contribution >= 4 is 46.3 Å². The summed E-state index contributed by atoms with van der Waals surface area (Å²) in [5.74, 6) is -0.126. The number of hydrogen-bond acceptors (Lipinski definition) is 4. The van der Waals surface area contributed by atoms with Gasteiger partial charge in [0.05, 0.1) is 15.0 Å². The van der Waals surface area contributed by atoms with Crippen molar-refractivity contribution in [2.24, 2.45) is 5.73 Å². The second kappa shape index (κ2) is 8.91. The molecule has 8 heteroatoms. The highest BCUT2D eigenvalue weighted by molar-refractivity contribution is 7.18. The maximum Gasteiger partial charge on any atom is 0.265 e. The lowest BCUT2D eigenvalue weighted by Crippen LogP contribution is -2.26. The molecule has 158 valence electrons. The summed E-state index contributed by atoms with van der Waals surface area (Å²) in [5, 5.41) is 10.3. The summed E-state index contributed by atoms with van der Waals surface area (Å²) in [4.78, 5) is 27.7. The van der Waals surface area contributed by atoms with Crippen LogP contribution in [0.5, 0.6) is 0 Å². The van der Waals surface area contributed by atoms with E-state index in [-0.39, 0.29) is 17.6 Å². The molecular weight excluding hydrogens is 432 g/mol. The Morgan fingerprint density at radius 2 is 1.87 bits per heavy atom. The molecular formula is C23H21ClN4O2S. The summed E-state index contributed by atoms with van der Waals surface area (Å²) in [6.07, 6.45) is 1.15. The largest absolute Gasteiger partial charge is 0.387 e. The van der Waals surface area contributed by atoms with Crippen molar-refractivity contribution in [2.75, 3.05) is 11.9 Å². The molecule has 31 heavy (non-hydrogen) atoms. The van der Waals surface area contributed by atoms with E-state index in [0.717, 1.165) is 23.1 Å². The van der Waals surface area contributed by atoms with Crippen molar-refractivity contribution < 1.29 is 9.59 Å². The number of benzene rings is 2. The fourth-order valence-electron chi connectivity index (χ4n) is 3.62. The first-order valence-electron chi connectivity index (χ1n) is 9.79. The maximum absolute atomic E-state index is 12.9. The lowest BCUT2D eigenvalue weighted by molar-refractivity contribution is 0.0780. The summed E-state index contributed by atoms with van der Waals surface area (Å²) in [5.41, 5.74) is 9.66. The quantitative estimate of drug-likeness (QED) is 0.367. The molecule has 0 radical (unpaired) electrons. The lowest BCUT2D eigenvalue weighted by atomic mass is 10.1. The monoisotopic (exact) mass is 452 g/mol. The molecule has 0 saturated carbocycles. The average Bonchev–Trinajstić information content (AvgIpc) is 3.31. The zero-order chi connectivity index (χ0) is 22.0. The minimum Gasteiger partial charge on any atom is -0.387 e. The number of nitrogens with one attached hydrogen (secondary N) is 2. The van der Waals surface area contributed by atoms with Gasteiger partial charge in [-0.3, -0.25) is 15.0 Å². The van der Waals surface area contributed by atoms with Gasteiger partial charge in [-0.25, -0.2) is 0 Å². The number of halogens is 1. The molecule has 0 saturated heterocycles. The van der Waals surface area contributed by atoms with Crippen LogP contribution in [0.1, 0.15) is 36.7 Å². The molecule has 1 aliphatic heterocycles. The van der Waals surface area contributed by atoms with Gasteiger partial charge in [-0.2, -0.15) is 0 Å². The van der Waals surface area contributed by atoms with Crippen molar-refractivity contribution in [3.8, 4) is 0 Å². The smallest absolute Gasteiger partial charge is 0.265 e. The van der Waals surface area contributed by atoms with Crippen molar-refractivity contribution in [3.63, 3.8) is 0 Å². The summed E-state index contributed by atoms with van der Waals surface area (Å²) in [7, 11) is 0. The molecule has 2 heterocycles. The molecule has 0 aliphatic carbocycles. The first-order valence-corrected chi connectivity index (χ1v) is 11.0. The normalized spacial score (nSPS) is 12.7. The highest BCUT2D eigenvalue weighted by Gasteiger charge is 2.29. The fraction of sp³-hybridized carbons (Fsp3) is 0.174. The van der Waals surface area contributed by atoms with Crippen LogP contribution >= 0.6 is 22.9 Å². The zero-order valence-corrected chi connectivity index (χ0v) is 18.2. The SMILES string of the molecule is N=C(N)Cc1ccc(CCN2Cc3c(NC(=O)c4ccc(Cl)s4)cccc3C2=O)cc1. The van der Waals surface area contributed by atoms with Gasteiger partial charge < -0.3 is 16.0 Å². The summed E-state index contributed by atoms with van der Waals surface area (Å²) < 4.78 is 0.555. The van der Waals surface area contributed by atoms with E-state index in [9.17, 15) is 9.59 Å². The van der Waals surface area contributed by atoms with Gasteiger partial charge in [0.2, 0.25) is 0 Å². The number of thiophene rings is 1. The van der Waals surface area contributed by atoms with Gasteiger partial charge in [-0.1, -0.05) is 41.9 Å². The number of fused-ring (bicyclic) bond motifs is 1. The van der Waals surface area contributed by atoms with E-state index < -0.39 is 0 Å². The second-order valence-corrected chi connectivity index (χ2v) is 9.10. The third-order valence-electron chi connectivity index (χ3n) is 5.18. The first-order chi connectivity index (χ1) is 14.9. The number of hydrogen-bond donors (Lipinski definition) is 3. The maximum atomic E-state index is 12.9. The van der Waals surface area contributed by atoms with E-state index in [1.165, 1.54) is 11.3 Å². The molecule has 1 aromatic heterocycles. The topological polar surface area (TPSA) is 99.3 Å². The number of nitrogens with zero attached hydrogens (tertiary/aromatic N) is 1. The summed E-state index contributed by atoms with van der Waals surface area (Å²) >= 11 is 7.14. The molecule has 0 unspecified atom stereocenters. The van der Waals surface area contributed by atoms with E-state index in [1.807, 2.05) is 30.3 Å². The van der Waals surface area contributed by atoms with Crippen molar-refractivity contribution in [1.29, 1.82) is 5.41 Å². The Morgan fingerprint density at radius 3 is 2.55 bits per heavy atom. The summed E-state index contributed by atoms with van der Waals surface area (Å²) in [6, 6.07) is 16.7. The minimum atomic E-state index is -0.234. The van der Waals surface area contributed by atoms with Crippen molar-refractivity contribution in [3.05, 3.63) is 86.1 Å². The first kappa shape index (κ1) is 21.1. The van der Waals surface area contributed by atoms with Crippen LogP contribution in [0.3, 0.4) is 0 Å². The van der Waals surface area contributed by atoms with Crippen LogP contribution in [0.2, 0.25) is 4.34 Å². The molecule has 1 aliphatic rings. The standard InChI is InChI=1S/C23H21ClN4O2S/c24-20-9-8-19(31-20)22(29)27-18-3-1-2-16-17(18)13-28(23(16)30)11-10-14-4-6-15(7-5-14)12-21(25)26/h1-9H,10-13H2,(H3,25,26)(H,27,29). The van der Waals surface area contributed by atoms with Gasteiger partial charge >= 0.3 is 0 Å². The van der Waals surface area contributed by atoms with Crippen LogP contribution < -0.4 is 11.1 Å². The number of nitrogens with two attached hydrogens (primary N) is 1. The molecule has 0 atom stereocenters. The molecule has 2 amide bonds. The number of amidine groups is 1. The van der Waals surface area contributed by atoms with E-state index in [4.69, 9.17) is 22.7 Å². The molecule has 4 rings (SSSR count). The Labute approximate surface area is 189 Å². The number of rotatable bonds is 7. The number of carbonyl (C=O) groups is 2. The van der Waals surface area contributed by atoms with Gasteiger partial charge in [-0.05, 0) is 41.8 Å². The van der Waals surface area contributed by atoms with E-state index in [1.54, 1.807) is 29.2 Å². The number of amides is 2. The van der Waals surface area contributed by atoms with E-state index in [2.05, 4.69) is 5.32 Å². The molecule has 0 bridgehead atoms. The highest BCUT2D eigenvalue weighted by Crippen LogP contribution is 2.30. The third-order valence-corrected chi connectivity index (χ3v) is 6.41. The Kier molecular flexibility index (Phi) is 6.06. The van der Waals surface area contributed by atoms with Crippen molar-refractivity contribution in [1.82, 2.24) is 4.90 Å². The minimum absolute atomic E-state index is 0.0292. The van der Waals surface area contributed by atoms with Crippen LogP contribution in [-0.4, -0.2) is 29.1 Å². The molecule has 3 aromatic rings. The molecule has 0 spiro atoms. The van der Waals surface area contributed by atoms with Crippen LogP contribution in [0.25, 0.3) is 0 Å². The Balaban J connectivity index is 1.42. The highest BCUT2D eigenvalue weighted by atomic mass is 35.5. The van der Waals surface area contributed by atoms with Gasteiger partial charge in [-0.15, -0.1) is 11.3 Å². The van der Waals surface area contributed by atoms with Gasteiger partial charge in [0, 0.05) is 36.3 Å². The van der Waals surface area contributed by atoms with E-state index in [0.29, 0.717) is 40.0 Å². The van der Waals surface area contributed by atoms with Gasteiger partial charge in [0.1, 0.15) is 0 Å². The van der Waals surface area contributed by atoms with Crippen LogP contribution in [0.4, 0.5) is 5.69 Å². The zero-order valence-electron chi connectivity index (χ0n) is 16.7. The fourth-order valence-corrected chi connectivity index (χ4v) is 4.55. The van der Waals surface area contributed by atoms with Crippen LogP contribution in [-0.2, 0) is 19.4 Å². The number of anilines is 1.